The van der Waals surface area contributed by atoms with Gasteiger partial charge in [-0.15, -0.1) is 0 Å². The third kappa shape index (κ3) is 4.25. The van der Waals surface area contributed by atoms with E-state index in [0.29, 0.717) is 32.2 Å². The highest BCUT2D eigenvalue weighted by Gasteiger charge is 2.35. The van der Waals surface area contributed by atoms with E-state index in [1.807, 2.05) is 0 Å². The van der Waals surface area contributed by atoms with Crippen LogP contribution < -0.4 is 19.7 Å². The van der Waals surface area contributed by atoms with Crippen LogP contribution in [0.25, 0.3) is 6.08 Å². The van der Waals surface area contributed by atoms with Crippen molar-refractivity contribution >= 4 is 80.0 Å². The number of carbonyl (C=O) groups excluding carboxylic acids is 2. The highest BCUT2D eigenvalue weighted by molar-refractivity contribution is 9.10. The Balaban J connectivity index is 2.10. The molecule has 2 aromatic carbocycles. The standard InChI is InChI=1S/C19H13BrCl2N2O4S/c1-27-15-8-16(28-2)12(20)6-9(15)5-11-17(25)23-19(29)24(18(11)26)14-4-3-10(21)7-13(14)22/h3-8H,1-2H3,(H,23,25,29)/b11-5+. The van der Waals surface area contributed by atoms with Crippen LogP contribution in [0.2, 0.25) is 10.0 Å². The van der Waals surface area contributed by atoms with E-state index in [9.17, 15) is 9.59 Å². The van der Waals surface area contributed by atoms with Gasteiger partial charge in [-0.2, -0.15) is 0 Å². The molecule has 0 spiro atoms. The predicted molar refractivity (Wildman–Crippen MR) is 120 cm³/mol. The average Bonchev–Trinajstić information content (AvgIpc) is 2.66. The maximum atomic E-state index is 13.1. The van der Waals surface area contributed by atoms with Gasteiger partial charge in [0, 0.05) is 16.7 Å². The number of amides is 2. The van der Waals surface area contributed by atoms with Crippen molar-refractivity contribution in [1.29, 1.82) is 0 Å². The van der Waals surface area contributed by atoms with Crippen molar-refractivity contribution < 1.29 is 19.1 Å². The van der Waals surface area contributed by atoms with Crippen molar-refractivity contribution in [2.75, 3.05) is 19.1 Å². The van der Waals surface area contributed by atoms with Gasteiger partial charge in [0.2, 0.25) is 0 Å². The Morgan fingerprint density at radius 3 is 2.41 bits per heavy atom. The molecular formula is C19H13BrCl2N2O4S. The van der Waals surface area contributed by atoms with E-state index in [-0.39, 0.29) is 15.7 Å². The molecule has 1 heterocycles. The summed E-state index contributed by atoms with van der Waals surface area (Å²) in [6, 6.07) is 7.92. The van der Waals surface area contributed by atoms with Gasteiger partial charge >= 0.3 is 0 Å². The second-order valence-electron chi connectivity index (χ2n) is 5.78. The molecule has 1 aliphatic heterocycles. The molecule has 1 saturated heterocycles. The summed E-state index contributed by atoms with van der Waals surface area (Å²) in [5, 5.41) is 3.05. The maximum absolute atomic E-state index is 13.1. The third-order valence-electron chi connectivity index (χ3n) is 4.06. The first-order valence-corrected chi connectivity index (χ1v) is 10.0. The van der Waals surface area contributed by atoms with Crippen LogP contribution in [0.3, 0.4) is 0 Å². The van der Waals surface area contributed by atoms with E-state index in [1.54, 1.807) is 24.3 Å². The van der Waals surface area contributed by atoms with E-state index in [0.717, 1.165) is 4.90 Å². The highest BCUT2D eigenvalue weighted by atomic mass is 79.9. The fourth-order valence-corrected chi connectivity index (χ4v) is 3.98. The molecule has 0 bridgehead atoms. The smallest absolute Gasteiger partial charge is 0.270 e. The molecule has 0 aromatic heterocycles. The normalized spacial score (nSPS) is 15.6. The molecule has 2 amide bonds. The fraction of sp³-hybridized carbons (Fsp3) is 0.105. The second kappa shape index (κ2) is 8.71. The third-order valence-corrected chi connectivity index (χ3v) is 5.50. The molecule has 29 heavy (non-hydrogen) atoms. The lowest BCUT2D eigenvalue weighted by Gasteiger charge is -2.29. The molecule has 10 heteroatoms. The number of carbonyl (C=O) groups is 2. The molecule has 150 valence electrons. The summed E-state index contributed by atoms with van der Waals surface area (Å²) in [6.45, 7) is 0. The molecule has 0 saturated carbocycles. The van der Waals surface area contributed by atoms with Gasteiger partial charge in [-0.3, -0.25) is 19.8 Å². The van der Waals surface area contributed by atoms with Gasteiger partial charge in [0.15, 0.2) is 5.11 Å². The lowest BCUT2D eigenvalue weighted by atomic mass is 10.1. The molecule has 1 fully saturated rings. The number of nitrogens with zero attached hydrogens (tertiary/aromatic N) is 1. The number of methoxy groups -OCH3 is 2. The van der Waals surface area contributed by atoms with Gasteiger partial charge in [-0.25, -0.2) is 0 Å². The largest absolute Gasteiger partial charge is 0.496 e. The van der Waals surface area contributed by atoms with E-state index >= 15 is 0 Å². The first-order chi connectivity index (χ1) is 13.8. The van der Waals surface area contributed by atoms with E-state index < -0.39 is 11.8 Å². The molecule has 2 aromatic rings. The van der Waals surface area contributed by atoms with Crippen molar-refractivity contribution in [3.05, 3.63) is 56.0 Å². The summed E-state index contributed by atoms with van der Waals surface area (Å²) in [5.41, 5.74) is 0.661. The Morgan fingerprint density at radius 2 is 1.79 bits per heavy atom. The zero-order valence-electron chi connectivity index (χ0n) is 15.1. The molecule has 3 rings (SSSR count). The number of rotatable bonds is 4. The summed E-state index contributed by atoms with van der Waals surface area (Å²) in [4.78, 5) is 26.8. The lowest BCUT2D eigenvalue weighted by molar-refractivity contribution is -0.122. The SMILES string of the molecule is COc1cc(OC)c(/C=C2\C(=O)NC(=S)N(c3ccc(Cl)cc3Cl)C2=O)cc1Br. The highest BCUT2D eigenvalue weighted by Crippen LogP contribution is 2.35. The van der Waals surface area contributed by atoms with Crippen LogP contribution in [0, 0.1) is 0 Å². The van der Waals surface area contributed by atoms with E-state index in [4.69, 9.17) is 44.9 Å². The van der Waals surface area contributed by atoms with Crippen molar-refractivity contribution in [2.24, 2.45) is 0 Å². The Morgan fingerprint density at radius 1 is 1.10 bits per heavy atom. The Labute approximate surface area is 190 Å². The maximum Gasteiger partial charge on any atom is 0.270 e. The topological polar surface area (TPSA) is 67.9 Å². The monoisotopic (exact) mass is 514 g/mol. The van der Waals surface area contributed by atoms with Crippen LogP contribution in [0.15, 0.2) is 40.4 Å². The Hall–Kier alpha value is -2.13. The molecular weight excluding hydrogens is 503 g/mol. The number of ether oxygens (including phenoxy) is 2. The second-order valence-corrected chi connectivity index (χ2v) is 7.87. The van der Waals surface area contributed by atoms with Gasteiger partial charge in [-0.05, 0) is 58.5 Å². The van der Waals surface area contributed by atoms with Gasteiger partial charge in [-0.1, -0.05) is 23.2 Å². The summed E-state index contributed by atoms with van der Waals surface area (Å²) in [5.74, 6) is -0.297. The van der Waals surface area contributed by atoms with Crippen LogP contribution in [0.1, 0.15) is 5.56 Å². The van der Waals surface area contributed by atoms with Crippen molar-refractivity contribution in [3.8, 4) is 11.5 Å². The summed E-state index contributed by atoms with van der Waals surface area (Å²) < 4.78 is 11.2. The Bertz CT molecular complexity index is 1070. The van der Waals surface area contributed by atoms with Gasteiger partial charge in [0.25, 0.3) is 11.8 Å². The zero-order chi connectivity index (χ0) is 21.3. The van der Waals surface area contributed by atoms with Crippen LogP contribution in [-0.4, -0.2) is 31.1 Å². The minimum atomic E-state index is -0.629. The van der Waals surface area contributed by atoms with Crippen molar-refractivity contribution in [2.45, 2.75) is 0 Å². The molecule has 1 N–H and O–H groups in total. The lowest BCUT2D eigenvalue weighted by Crippen LogP contribution is -2.54. The average molecular weight is 516 g/mol. The number of benzene rings is 2. The summed E-state index contributed by atoms with van der Waals surface area (Å²) >= 11 is 20.7. The molecule has 1 aliphatic rings. The molecule has 0 unspecified atom stereocenters. The minimum Gasteiger partial charge on any atom is -0.496 e. The first kappa shape index (κ1) is 21.6. The van der Waals surface area contributed by atoms with Crippen LogP contribution in [-0.2, 0) is 9.59 Å². The molecule has 0 atom stereocenters. The predicted octanol–water partition coefficient (Wildman–Crippen LogP) is 4.60. The van der Waals surface area contributed by atoms with Gasteiger partial charge in [0.1, 0.15) is 17.1 Å². The van der Waals surface area contributed by atoms with Gasteiger partial charge in [0.05, 0.1) is 29.4 Å². The number of nitrogens with one attached hydrogen (secondary N) is 1. The summed E-state index contributed by atoms with van der Waals surface area (Å²) in [7, 11) is 2.99. The van der Waals surface area contributed by atoms with Crippen molar-refractivity contribution in [1.82, 2.24) is 5.32 Å². The van der Waals surface area contributed by atoms with Crippen LogP contribution in [0.4, 0.5) is 5.69 Å². The number of hydrogen-bond acceptors (Lipinski definition) is 5. The van der Waals surface area contributed by atoms with E-state index in [2.05, 4.69) is 21.2 Å². The Kier molecular flexibility index (Phi) is 6.48. The van der Waals surface area contributed by atoms with Crippen molar-refractivity contribution in [3.63, 3.8) is 0 Å². The minimum absolute atomic E-state index is 0.0794. The summed E-state index contributed by atoms with van der Waals surface area (Å²) in [6.07, 6.45) is 1.42. The number of hydrogen-bond donors (Lipinski definition) is 1. The number of halogens is 3. The molecule has 6 nitrogen and oxygen atoms in total. The molecule has 0 radical (unpaired) electrons. The fourth-order valence-electron chi connectivity index (χ4n) is 2.69. The zero-order valence-corrected chi connectivity index (χ0v) is 19.0. The number of anilines is 1. The van der Waals surface area contributed by atoms with E-state index in [1.165, 1.54) is 26.4 Å². The number of thiocarbonyl (C=S) groups is 1. The van der Waals surface area contributed by atoms with Crippen LogP contribution >= 0.6 is 51.3 Å². The first-order valence-electron chi connectivity index (χ1n) is 8.04. The quantitative estimate of drug-likeness (QED) is 0.366. The van der Waals surface area contributed by atoms with Gasteiger partial charge < -0.3 is 9.47 Å². The van der Waals surface area contributed by atoms with Crippen LogP contribution in [0.5, 0.6) is 11.5 Å². The molecule has 0 aliphatic carbocycles.